The van der Waals surface area contributed by atoms with Gasteiger partial charge in [0.2, 0.25) is 5.91 Å². The van der Waals surface area contributed by atoms with Crippen LogP contribution in [0.4, 0.5) is 10.5 Å². The lowest BCUT2D eigenvalue weighted by molar-refractivity contribution is -0.127. The minimum Gasteiger partial charge on any atom is -0.462 e. The van der Waals surface area contributed by atoms with Gasteiger partial charge in [0.25, 0.3) is 11.1 Å². The number of rotatable bonds is 7. The van der Waals surface area contributed by atoms with Crippen molar-refractivity contribution in [2.24, 2.45) is 0 Å². The second-order valence-corrected chi connectivity index (χ2v) is 7.96. The molecule has 0 atom stereocenters. The molecule has 3 amide bonds. The fourth-order valence-electron chi connectivity index (χ4n) is 2.71. The third-order valence-electron chi connectivity index (χ3n) is 4.18. The van der Waals surface area contributed by atoms with Crippen LogP contribution in [-0.4, -0.2) is 41.1 Å². The van der Waals surface area contributed by atoms with Crippen LogP contribution in [-0.2, 0) is 14.3 Å². The van der Waals surface area contributed by atoms with Gasteiger partial charge in [-0.05, 0) is 48.0 Å². The smallest absolute Gasteiger partial charge is 0.339 e. The fraction of sp³-hybridized carbons (Fsp3) is 0.182. The van der Waals surface area contributed by atoms with E-state index in [1.807, 2.05) is 37.3 Å². The van der Waals surface area contributed by atoms with Crippen molar-refractivity contribution in [3.8, 4) is 0 Å². The van der Waals surface area contributed by atoms with Crippen molar-refractivity contribution in [3.63, 3.8) is 0 Å². The molecule has 0 saturated carbocycles. The van der Waals surface area contributed by atoms with Crippen LogP contribution in [0, 0.1) is 0 Å². The van der Waals surface area contributed by atoms with Crippen LogP contribution in [0.3, 0.4) is 0 Å². The minimum absolute atomic E-state index is 0.116. The van der Waals surface area contributed by atoms with E-state index in [4.69, 9.17) is 16.3 Å². The van der Waals surface area contributed by atoms with Gasteiger partial charge in [-0.3, -0.25) is 19.3 Å². The predicted octanol–water partition coefficient (Wildman–Crippen LogP) is 4.58. The number of ether oxygens (including phenoxy) is 1. The second-order valence-electron chi connectivity index (χ2n) is 6.56. The number of benzene rings is 2. The number of nitrogens with zero attached hydrogens (tertiary/aromatic N) is 1. The molecule has 0 unspecified atom stereocenters. The topological polar surface area (TPSA) is 92.8 Å². The Morgan fingerprint density at radius 3 is 2.61 bits per heavy atom. The van der Waals surface area contributed by atoms with Crippen LogP contribution in [0.15, 0.2) is 53.4 Å². The van der Waals surface area contributed by atoms with E-state index >= 15 is 0 Å². The van der Waals surface area contributed by atoms with Gasteiger partial charge >= 0.3 is 5.97 Å². The van der Waals surface area contributed by atoms with Crippen molar-refractivity contribution in [1.82, 2.24) is 4.90 Å². The highest BCUT2D eigenvalue weighted by molar-refractivity contribution is 8.18. The molecule has 160 valence electrons. The number of esters is 1. The zero-order valence-corrected chi connectivity index (χ0v) is 18.2. The molecular weight excluding hydrogens is 440 g/mol. The predicted molar refractivity (Wildman–Crippen MR) is 120 cm³/mol. The number of anilines is 1. The largest absolute Gasteiger partial charge is 0.462 e. The van der Waals surface area contributed by atoms with Gasteiger partial charge in [0.15, 0.2) is 0 Å². The van der Waals surface area contributed by atoms with Gasteiger partial charge in [-0.15, -0.1) is 0 Å². The van der Waals surface area contributed by atoms with Crippen molar-refractivity contribution in [3.05, 3.63) is 69.6 Å². The highest BCUT2D eigenvalue weighted by atomic mass is 35.5. The van der Waals surface area contributed by atoms with Crippen LogP contribution < -0.4 is 5.32 Å². The molecule has 0 bridgehead atoms. The molecule has 1 aliphatic rings. The monoisotopic (exact) mass is 458 g/mol. The van der Waals surface area contributed by atoms with Crippen molar-refractivity contribution in [1.29, 1.82) is 0 Å². The number of imide groups is 1. The number of amides is 3. The molecular formula is C22H19ClN2O5S. The summed E-state index contributed by atoms with van der Waals surface area (Å²) in [6, 6.07) is 13.5. The molecule has 0 aromatic heterocycles. The number of carbonyl (C=O) groups excluding carboxylic acids is 4. The summed E-state index contributed by atoms with van der Waals surface area (Å²) in [6.45, 7) is 1.67. The highest BCUT2D eigenvalue weighted by Gasteiger charge is 2.36. The molecule has 1 heterocycles. The van der Waals surface area contributed by atoms with E-state index < -0.39 is 29.6 Å². The van der Waals surface area contributed by atoms with E-state index in [0.717, 1.165) is 22.2 Å². The Morgan fingerprint density at radius 1 is 1.16 bits per heavy atom. The third kappa shape index (κ3) is 5.74. The molecule has 0 aliphatic carbocycles. The fourth-order valence-corrected chi connectivity index (χ4v) is 3.75. The Morgan fingerprint density at radius 2 is 1.90 bits per heavy atom. The van der Waals surface area contributed by atoms with E-state index in [1.54, 1.807) is 6.08 Å². The number of nitrogens with one attached hydrogen (secondary N) is 1. The van der Waals surface area contributed by atoms with Crippen LogP contribution in [0.5, 0.6) is 0 Å². The number of hydrogen-bond acceptors (Lipinski definition) is 6. The van der Waals surface area contributed by atoms with Crippen molar-refractivity contribution < 1.29 is 23.9 Å². The highest BCUT2D eigenvalue weighted by Crippen LogP contribution is 2.32. The van der Waals surface area contributed by atoms with Gasteiger partial charge in [-0.1, -0.05) is 48.9 Å². The summed E-state index contributed by atoms with van der Waals surface area (Å²) in [4.78, 5) is 50.4. The van der Waals surface area contributed by atoms with Crippen molar-refractivity contribution >= 4 is 58.1 Å². The Hall–Kier alpha value is -3.10. The number of thioether (sulfide) groups is 1. The second kappa shape index (κ2) is 10.3. The quantitative estimate of drug-likeness (QED) is 0.482. The first kappa shape index (κ1) is 22.6. The lowest BCUT2D eigenvalue weighted by Gasteiger charge is -2.13. The molecule has 1 saturated heterocycles. The molecule has 0 radical (unpaired) electrons. The summed E-state index contributed by atoms with van der Waals surface area (Å²) in [5.74, 6) is -1.72. The van der Waals surface area contributed by atoms with E-state index in [9.17, 15) is 19.2 Å². The van der Waals surface area contributed by atoms with E-state index in [0.29, 0.717) is 12.1 Å². The van der Waals surface area contributed by atoms with Crippen LogP contribution in [0.25, 0.3) is 6.08 Å². The average Bonchev–Trinajstić information content (AvgIpc) is 3.01. The summed E-state index contributed by atoms with van der Waals surface area (Å²) in [7, 11) is 0. The molecule has 0 spiro atoms. The Bertz CT molecular complexity index is 1060. The zero-order valence-electron chi connectivity index (χ0n) is 16.6. The molecule has 1 aliphatic heterocycles. The van der Waals surface area contributed by atoms with Gasteiger partial charge in [-0.2, -0.15) is 0 Å². The van der Waals surface area contributed by atoms with E-state index in [-0.39, 0.29) is 22.1 Å². The molecule has 3 rings (SSSR count). The van der Waals surface area contributed by atoms with Gasteiger partial charge in [0, 0.05) is 5.69 Å². The normalized spacial score (nSPS) is 14.8. The number of carbonyl (C=O) groups is 4. The van der Waals surface area contributed by atoms with Gasteiger partial charge in [-0.25, -0.2) is 4.79 Å². The SMILES string of the molecule is CCCOC(=O)c1cc(NC(=O)CN2C(=O)S/C(=C/c3ccccc3)C2=O)ccc1Cl. The van der Waals surface area contributed by atoms with Crippen LogP contribution in [0.2, 0.25) is 5.02 Å². The summed E-state index contributed by atoms with van der Waals surface area (Å²) in [5, 5.41) is 2.24. The zero-order chi connectivity index (χ0) is 22.4. The molecule has 2 aromatic rings. The Kier molecular flexibility index (Phi) is 7.49. The lowest BCUT2D eigenvalue weighted by Crippen LogP contribution is -2.36. The van der Waals surface area contributed by atoms with Crippen molar-refractivity contribution in [2.75, 3.05) is 18.5 Å². The molecule has 1 fully saturated rings. The maximum absolute atomic E-state index is 12.6. The molecule has 1 N–H and O–H groups in total. The standard InChI is InChI=1S/C22H19ClN2O5S/c1-2-10-30-21(28)16-12-15(8-9-17(16)23)24-19(26)13-25-20(27)18(31-22(25)29)11-14-6-4-3-5-7-14/h3-9,11-12H,2,10,13H2,1H3,(H,24,26)/b18-11+. The number of halogens is 1. The summed E-state index contributed by atoms with van der Waals surface area (Å²) < 4.78 is 5.07. The van der Waals surface area contributed by atoms with E-state index in [2.05, 4.69) is 5.32 Å². The maximum Gasteiger partial charge on any atom is 0.339 e. The Balaban J connectivity index is 1.67. The lowest BCUT2D eigenvalue weighted by atomic mass is 10.2. The van der Waals surface area contributed by atoms with Crippen LogP contribution in [0.1, 0.15) is 29.3 Å². The molecule has 2 aromatic carbocycles. The summed E-state index contributed by atoms with van der Waals surface area (Å²) in [6.07, 6.45) is 2.27. The first-order chi connectivity index (χ1) is 14.9. The minimum atomic E-state index is -0.597. The third-order valence-corrected chi connectivity index (χ3v) is 5.42. The van der Waals surface area contributed by atoms with Gasteiger partial charge in [0.1, 0.15) is 6.54 Å². The number of hydrogen-bond donors (Lipinski definition) is 1. The van der Waals surface area contributed by atoms with Crippen molar-refractivity contribution in [2.45, 2.75) is 13.3 Å². The van der Waals surface area contributed by atoms with E-state index in [1.165, 1.54) is 18.2 Å². The Labute approximate surface area is 188 Å². The van der Waals surface area contributed by atoms with Crippen LogP contribution >= 0.6 is 23.4 Å². The summed E-state index contributed by atoms with van der Waals surface area (Å²) in [5.41, 5.74) is 1.19. The average molecular weight is 459 g/mol. The molecule has 9 heteroatoms. The van der Waals surface area contributed by atoms with Gasteiger partial charge in [0.05, 0.1) is 22.1 Å². The molecule has 31 heavy (non-hydrogen) atoms. The first-order valence-electron chi connectivity index (χ1n) is 9.46. The van der Waals surface area contributed by atoms with Gasteiger partial charge < -0.3 is 10.1 Å². The maximum atomic E-state index is 12.6. The molecule has 7 nitrogen and oxygen atoms in total. The first-order valence-corrected chi connectivity index (χ1v) is 10.7. The summed E-state index contributed by atoms with van der Waals surface area (Å²) >= 11 is 6.83.